The van der Waals surface area contributed by atoms with Crippen LogP contribution >= 0.6 is 0 Å². The van der Waals surface area contributed by atoms with Crippen molar-refractivity contribution in [3.63, 3.8) is 0 Å². The highest BCUT2D eigenvalue weighted by Gasteiger charge is 2.34. The Bertz CT molecular complexity index is 947. The molecular formula is C24H32N2O10. The minimum Gasteiger partial charge on any atom is -0.493 e. The number of ether oxygens (including phenoxy) is 6. The molecule has 3 rings (SSSR count). The summed E-state index contributed by atoms with van der Waals surface area (Å²) in [5.74, 6) is -2.37. The number of amides is 1. The number of nitrogens with zero attached hydrogens (tertiary/aromatic N) is 1. The maximum atomic E-state index is 13.0. The molecule has 1 aliphatic carbocycles. The van der Waals surface area contributed by atoms with E-state index in [4.69, 9.17) is 28.4 Å². The van der Waals surface area contributed by atoms with Crippen LogP contribution < -0.4 is 14.8 Å². The van der Waals surface area contributed by atoms with Crippen LogP contribution in [0.15, 0.2) is 12.3 Å². The van der Waals surface area contributed by atoms with E-state index in [-0.39, 0.29) is 42.3 Å². The van der Waals surface area contributed by atoms with Crippen molar-refractivity contribution >= 4 is 23.8 Å². The van der Waals surface area contributed by atoms with Gasteiger partial charge < -0.3 is 33.7 Å². The third-order valence-electron chi connectivity index (χ3n) is 5.97. The second-order valence-electron chi connectivity index (χ2n) is 8.58. The van der Waals surface area contributed by atoms with Crippen LogP contribution in [0.5, 0.6) is 11.5 Å². The minimum atomic E-state index is -1.15. The standard InChI is InChI=1S/C24H32N2O10/c1-14-18(36-23(29)16-6-4-5-7-16)9-11-32-12-17(24(30)35-14)26-22(28)20-21(34-13-33-15(2)27)19(31-3)8-10-25-20/h8,10,14,16-18H,4-7,9,11-13H2,1-3H3,(H,26,28)/t14-,17-,18+/m0/s1. The molecule has 0 radical (unpaired) electrons. The summed E-state index contributed by atoms with van der Waals surface area (Å²) < 4.78 is 32.1. The smallest absolute Gasteiger partial charge is 0.331 e. The van der Waals surface area contributed by atoms with Gasteiger partial charge in [-0.3, -0.25) is 14.4 Å². The molecule has 1 amide bonds. The van der Waals surface area contributed by atoms with Gasteiger partial charge in [-0.1, -0.05) is 12.8 Å². The first kappa shape index (κ1) is 27.2. The predicted molar refractivity (Wildman–Crippen MR) is 122 cm³/mol. The fourth-order valence-corrected chi connectivity index (χ4v) is 4.00. The second-order valence-corrected chi connectivity index (χ2v) is 8.58. The van der Waals surface area contributed by atoms with E-state index in [1.54, 1.807) is 6.92 Å². The minimum absolute atomic E-state index is 0.0663. The molecule has 1 N–H and O–H groups in total. The van der Waals surface area contributed by atoms with Crippen molar-refractivity contribution in [3.8, 4) is 11.5 Å². The summed E-state index contributed by atoms with van der Waals surface area (Å²) in [5.41, 5.74) is -0.189. The van der Waals surface area contributed by atoms with Crippen LogP contribution in [0.1, 0.15) is 56.4 Å². The van der Waals surface area contributed by atoms with E-state index in [9.17, 15) is 19.2 Å². The first-order chi connectivity index (χ1) is 17.3. The molecule has 1 saturated carbocycles. The molecule has 3 atom stereocenters. The fraction of sp³-hybridized carbons (Fsp3) is 0.625. The number of carbonyl (C=O) groups excluding carboxylic acids is 4. The summed E-state index contributed by atoms with van der Waals surface area (Å²) in [6, 6.07) is 0.310. The zero-order valence-electron chi connectivity index (χ0n) is 20.7. The molecule has 0 unspecified atom stereocenters. The number of cyclic esters (lactones) is 1. The van der Waals surface area contributed by atoms with Crippen molar-refractivity contribution in [1.82, 2.24) is 10.3 Å². The number of pyridine rings is 1. The topological polar surface area (TPSA) is 149 Å². The normalized spacial score (nSPS) is 22.9. The molecular weight excluding hydrogens is 476 g/mol. The van der Waals surface area contributed by atoms with Crippen LogP contribution in [0.4, 0.5) is 0 Å². The lowest BCUT2D eigenvalue weighted by Crippen LogP contribution is -2.46. The lowest BCUT2D eigenvalue weighted by Gasteiger charge is -2.25. The molecule has 1 aromatic rings. The molecule has 1 aromatic heterocycles. The van der Waals surface area contributed by atoms with Crippen LogP contribution in [-0.2, 0) is 33.3 Å². The quantitative estimate of drug-likeness (QED) is 0.310. The number of rotatable bonds is 8. The van der Waals surface area contributed by atoms with Gasteiger partial charge in [0.25, 0.3) is 5.91 Å². The summed E-state index contributed by atoms with van der Waals surface area (Å²) in [4.78, 5) is 53.4. The van der Waals surface area contributed by atoms with Gasteiger partial charge in [-0.2, -0.15) is 0 Å². The summed E-state index contributed by atoms with van der Waals surface area (Å²) in [6.07, 6.45) is 3.88. The van der Waals surface area contributed by atoms with E-state index in [0.29, 0.717) is 6.42 Å². The molecule has 0 bridgehead atoms. The van der Waals surface area contributed by atoms with Gasteiger partial charge in [0.15, 0.2) is 23.2 Å². The highest BCUT2D eigenvalue weighted by Crippen LogP contribution is 2.30. The zero-order chi connectivity index (χ0) is 26.1. The Kier molecular flexibility index (Phi) is 9.86. The molecule has 1 aliphatic heterocycles. The Morgan fingerprint density at radius 1 is 1.19 bits per heavy atom. The molecule has 12 nitrogen and oxygen atoms in total. The molecule has 2 aliphatic rings. The van der Waals surface area contributed by atoms with E-state index >= 15 is 0 Å². The highest BCUT2D eigenvalue weighted by molar-refractivity contribution is 5.98. The van der Waals surface area contributed by atoms with Crippen molar-refractivity contribution < 1.29 is 47.6 Å². The van der Waals surface area contributed by atoms with Gasteiger partial charge in [0.05, 0.1) is 26.2 Å². The third-order valence-corrected chi connectivity index (χ3v) is 5.97. The van der Waals surface area contributed by atoms with E-state index in [0.717, 1.165) is 25.7 Å². The number of hydrogen-bond donors (Lipinski definition) is 1. The Balaban J connectivity index is 1.66. The zero-order valence-corrected chi connectivity index (χ0v) is 20.7. The lowest BCUT2D eigenvalue weighted by atomic mass is 10.1. The van der Waals surface area contributed by atoms with E-state index in [1.165, 1.54) is 26.3 Å². The van der Waals surface area contributed by atoms with Crippen LogP contribution in [0.3, 0.4) is 0 Å². The first-order valence-corrected chi connectivity index (χ1v) is 11.9. The number of hydrogen-bond acceptors (Lipinski definition) is 11. The maximum absolute atomic E-state index is 13.0. The van der Waals surface area contributed by atoms with Crippen molar-refractivity contribution in [2.24, 2.45) is 5.92 Å². The van der Waals surface area contributed by atoms with Crippen molar-refractivity contribution in [2.75, 3.05) is 27.1 Å². The van der Waals surface area contributed by atoms with Gasteiger partial charge in [-0.05, 0) is 19.8 Å². The Morgan fingerprint density at radius 2 is 1.94 bits per heavy atom. The number of carbonyl (C=O) groups is 4. The highest BCUT2D eigenvalue weighted by atomic mass is 16.7. The largest absolute Gasteiger partial charge is 0.493 e. The number of nitrogens with one attached hydrogen (secondary N) is 1. The summed E-state index contributed by atoms with van der Waals surface area (Å²) in [6.45, 7) is 2.42. The van der Waals surface area contributed by atoms with Gasteiger partial charge >= 0.3 is 17.9 Å². The molecule has 12 heteroatoms. The maximum Gasteiger partial charge on any atom is 0.331 e. The van der Waals surface area contributed by atoms with Crippen LogP contribution in [0.2, 0.25) is 0 Å². The monoisotopic (exact) mass is 508 g/mol. The molecule has 2 heterocycles. The van der Waals surface area contributed by atoms with Crippen molar-refractivity contribution in [3.05, 3.63) is 18.0 Å². The van der Waals surface area contributed by atoms with Crippen molar-refractivity contribution in [2.45, 2.75) is 64.2 Å². The van der Waals surface area contributed by atoms with Crippen molar-refractivity contribution in [1.29, 1.82) is 0 Å². The first-order valence-electron chi connectivity index (χ1n) is 11.9. The molecule has 198 valence electrons. The lowest BCUT2D eigenvalue weighted by molar-refractivity contribution is -0.170. The average molecular weight is 509 g/mol. The van der Waals surface area contributed by atoms with Gasteiger partial charge in [0.2, 0.25) is 6.79 Å². The van der Waals surface area contributed by atoms with Gasteiger partial charge in [0, 0.05) is 25.6 Å². The van der Waals surface area contributed by atoms with E-state index in [2.05, 4.69) is 10.3 Å². The Hall–Kier alpha value is -3.41. The third kappa shape index (κ3) is 7.30. The Labute approximate surface area is 208 Å². The van der Waals surface area contributed by atoms with Crippen LogP contribution in [0, 0.1) is 5.92 Å². The SMILES string of the molecule is COc1ccnc(C(=O)N[C@H]2COCC[C@@H](OC(=O)C3CCCC3)[C@H](C)OC2=O)c1OCOC(C)=O. The summed E-state index contributed by atoms with van der Waals surface area (Å²) >= 11 is 0. The van der Waals surface area contributed by atoms with E-state index < -0.39 is 42.9 Å². The molecule has 0 spiro atoms. The number of methoxy groups -OCH3 is 1. The average Bonchev–Trinajstić information content (AvgIpc) is 3.40. The summed E-state index contributed by atoms with van der Waals surface area (Å²) in [5, 5.41) is 2.54. The second kappa shape index (κ2) is 13.1. The van der Waals surface area contributed by atoms with Gasteiger partial charge in [0.1, 0.15) is 12.2 Å². The molecule has 0 aromatic carbocycles. The molecule has 2 fully saturated rings. The summed E-state index contributed by atoms with van der Waals surface area (Å²) in [7, 11) is 1.37. The van der Waals surface area contributed by atoms with Crippen LogP contribution in [-0.4, -0.2) is 74.2 Å². The number of esters is 3. The van der Waals surface area contributed by atoms with E-state index in [1.807, 2.05) is 0 Å². The predicted octanol–water partition coefficient (Wildman–Crippen LogP) is 1.54. The van der Waals surface area contributed by atoms with Crippen LogP contribution in [0.25, 0.3) is 0 Å². The molecule has 36 heavy (non-hydrogen) atoms. The van der Waals surface area contributed by atoms with Gasteiger partial charge in [-0.15, -0.1) is 0 Å². The van der Waals surface area contributed by atoms with Gasteiger partial charge in [-0.25, -0.2) is 9.78 Å². The number of aromatic nitrogens is 1. The molecule has 1 saturated heterocycles. The Morgan fingerprint density at radius 3 is 2.64 bits per heavy atom. The fourth-order valence-electron chi connectivity index (χ4n) is 4.00.